The van der Waals surface area contributed by atoms with Gasteiger partial charge in [0.15, 0.2) is 5.13 Å². The van der Waals surface area contributed by atoms with E-state index in [0.29, 0.717) is 10.9 Å². The number of nitrogens with zero attached hydrogens (tertiary/aromatic N) is 2. The number of anilines is 1. The molecule has 0 amide bonds. The lowest BCUT2D eigenvalue weighted by Gasteiger charge is -1.98. The van der Waals surface area contributed by atoms with Crippen LogP contribution < -0.4 is 5.73 Å². The molecule has 0 unspecified atom stereocenters. The van der Waals surface area contributed by atoms with Crippen LogP contribution >= 0.6 is 23.1 Å². The number of thioether (sulfide) groups is 1. The van der Waals surface area contributed by atoms with E-state index in [9.17, 15) is 10.1 Å². The number of nitro groups is 1. The van der Waals surface area contributed by atoms with E-state index in [4.69, 9.17) is 5.73 Å². The summed E-state index contributed by atoms with van der Waals surface area (Å²) in [5.41, 5.74) is 6.55. The zero-order chi connectivity index (χ0) is 12.3. The lowest BCUT2D eigenvalue weighted by molar-refractivity contribution is -0.384. The van der Waals surface area contributed by atoms with Crippen LogP contribution in [0, 0.1) is 10.1 Å². The van der Waals surface area contributed by atoms with Crippen LogP contribution in [0.25, 0.3) is 0 Å². The summed E-state index contributed by atoms with van der Waals surface area (Å²) >= 11 is 2.98. The summed E-state index contributed by atoms with van der Waals surface area (Å²) in [4.78, 5) is 15.2. The second-order valence-corrected chi connectivity index (χ2v) is 5.16. The van der Waals surface area contributed by atoms with Crippen molar-refractivity contribution in [1.29, 1.82) is 0 Å². The Morgan fingerprint density at radius 3 is 2.65 bits per heavy atom. The van der Waals surface area contributed by atoms with Crippen LogP contribution in [0.3, 0.4) is 0 Å². The number of nitro benzene ring substituents is 1. The third-order valence-corrected chi connectivity index (χ3v) is 3.77. The van der Waals surface area contributed by atoms with Crippen molar-refractivity contribution in [1.82, 2.24) is 4.98 Å². The van der Waals surface area contributed by atoms with Crippen LogP contribution in [-0.4, -0.2) is 9.91 Å². The van der Waals surface area contributed by atoms with Gasteiger partial charge in [-0.25, -0.2) is 4.98 Å². The number of nitrogens with two attached hydrogens (primary N) is 1. The molecule has 0 atom stereocenters. The highest BCUT2D eigenvalue weighted by atomic mass is 32.2. The van der Waals surface area contributed by atoms with E-state index in [0.717, 1.165) is 10.6 Å². The summed E-state index contributed by atoms with van der Waals surface area (Å²) in [7, 11) is 0. The molecule has 1 heterocycles. The van der Waals surface area contributed by atoms with Gasteiger partial charge in [0.25, 0.3) is 5.69 Å². The molecule has 88 valence electrons. The van der Waals surface area contributed by atoms with Crippen LogP contribution in [0.4, 0.5) is 10.8 Å². The quantitative estimate of drug-likeness (QED) is 0.523. The molecule has 1 aromatic heterocycles. The predicted molar refractivity (Wildman–Crippen MR) is 69.2 cm³/mol. The van der Waals surface area contributed by atoms with Gasteiger partial charge in [-0.05, 0) is 12.1 Å². The first-order chi connectivity index (χ1) is 8.15. The Hall–Kier alpha value is -1.60. The Bertz CT molecular complexity index is 525. The van der Waals surface area contributed by atoms with Crippen molar-refractivity contribution in [2.24, 2.45) is 0 Å². The Balaban J connectivity index is 1.97. The Labute approximate surface area is 106 Å². The van der Waals surface area contributed by atoms with Gasteiger partial charge in [0.05, 0.1) is 10.6 Å². The summed E-state index contributed by atoms with van der Waals surface area (Å²) in [5.74, 6) is 0.714. The molecule has 2 rings (SSSR count). The van der Waals surface area contributed by atoms with Gasteiger partial charge in [-0.15, -0.1) is 23.1 Å². The van der Waals surface area contributed by atoms with Crippen molar-refractivity contribution in [3.05, 3.63) is 45.5 Å². The number of hydrogen-bond donors (Lipinski definition) is 1. The van der Waals surface area contributed by atoms with Gasteiger partial charge < -0.3 is 5.73 Å². The third kappa shape index (κ3) is 3.18. The fourth-order valence-corrected chi connectivity index (χ4v) is 2.67. The van der Waals surface area contributed by atoms with Crippen LogP contribution in [0.15, 0.2) is 34.5 Å². The number of hydrogen-bond acceptors (Lipinski definition) is 6. The van der Waals surface area contributed by atoms with E-state index < -0.39 is 4.92 Å². The minimum Gasteiger partial charge on any atom is -0.375 e. The Morgan fingerprint density at radius 2 is 2.12 bits per heavy atom. The Kier molecular flexibility index (Phi) is 3.60. The average molecular weight is 267 g/mol. The van der Waals surface area contributed by atoms with Gasteiger partial charge in [-0.1, -0.05) is 0 Å². The van der Waals surface area contributed by atoms with E-state index in [-0.39, 0.29) is 5.69 Å². The highest BCUT2D eigenvalue weighted by molar-refractivity contribution is 7.98. The van der Waals surface area contributed by atoms with E-state index in [1.54, 1.807) is 23.9 Å². The largest absolute Gasteiger partial charge is 0.375 e. The van der Waals surface area contributed by atoms with E-state index in [1.165, 1.54) is 23.5 Å². The van der Waals surface area contributed by atoms with Crippen LogP contribution in [-0.2, 0) is 5.75 Å². The van der Waals surface area contributed by atoms with Crippen molar-refractivity contribution < 1.29 is 4.92 Å². The fourth-order valence-electron chi connectivity index (χ4n) is 1.21. The number of aromatic nitrogens is 1. The first-order valence-electron chi connectivity index (χ1n) is 4.72. The number of nitrogen functional groups attached to an aromatic ring is 1. The maximum Gasteiger partial charge on any atom is 0.269 e. The molecule has 0 saturated carbocycles. The highest BCUT2D eigenvalue weighted by Gasteiger charge is 2.05. The van der Waals surface area contributed by atoms with E-state index in [2.05, 4.69) is 4.98 Å². The molecular formula is C10H9N3O2S2. The van der Waals surface area contributed by atoms with Crippen LogP contribution in [0.2, 0.25) is 0 Å². The van der Waals surface area contributed by atoms with Gasteiger partial charge in [0.2, 0.25) is 0 Å². The van der Waals surface area contributed by atoms with Crippen LogP contribution in [0.5, 0.6) is 0 Å². The molecule has 0 radical (unpaired) electrons. The summed E-state index contributed by atoms with van der Waals surface area (Å²) < 4.78 is 0. The second-order valence-electron chi connectivity index (χ2n) is 3.22. The molecule has 0 aliphatic carbocycles. The number of benzene rings is 1. The summed E-state index contributed by atoms with van der Waals surface area (Å²) in [5, 5.41) is 12.9. The number of rotatable bonds is 4. The number of thiazole rings is 1. The van der Waals surface area contributed by atoms with E-state index >= 15 is 0 Å². The molecule has 0 aliphatic heterocycles. The maximum atomic E-state index is 10.5. The minimum atomic E-state index is -0.407. The highest BCUT2D eigenvalue weighted by Crippen LogP contribution is 2.25. The third-order valence-electron chi connectivity index (χ3n) is 2.00. The molecule has 0 aliphatic rings. The minimum absolute atomic E-state index is 0.104. The van der Waals surface area contributed by atoms with Crippen LogP contribution in [0.1, 0.15) is 5.69 Å². The predicted octanol–water partition coefficient (Wildman–Crippen LogP) is 2.93. The standard InChI is InChI=1S/C10H9N3O2S2/c11-10-12-7(6-17-10)5-16-9-3-1-8(2-4-9)13(14)15/h1-4,6H,5H2,(H2,11,12). The fraction of sp³-hybridized carbons (Fsp3) is 0.100. The normalized spacial score (nSPS) is 10.4. The van der Waals surface area contributed by atoms with Crippen molar-refractivity contribution in [3.8, 4) is 0 Å². The molecule has 0 spiro atoms. The topological polar surface area (TPSA) is 82.0 Å². The zero-order valence-electron chi connectivity index (χ0n) is 8.70. The molecule has 17 heavy (non-hydrogen) atoms. The SMILES string of the molecule is Nc1nc(CSc2ccc([N+](=O)[O-])cc2)cs1. The van der Waals surface area contributed by atoms with E-state index in [1.807, 2.05) is 5.38 Å². The smallest absolute Gasteiger partial charge is 0.269 e. The van der Waals surface area contributed by atoms with Gasteiger partial charge in [-0.3, -0.25) is 10.1 Å². The molecule has 7 heteroatoms. The van der Waals surface area contributed by atoms with Gasteiger partial charge in [0.1, 0.15) is 0 Å². The number of non-ortho nitro benzene ring substituents is 1. The molecule has 0 fully saturated rings. The molecule has 2 aromatic rings. The first kappa shape index (κ1) is 11.9. The molecule has 2 N–H and O–H groups in total. The Morgan fingerprint density at radius 1 is 1.41 bits per heavy atom. The summed E-state index contributed by atoms with van der Waals surface area (Å²) in [6, 6.07) is 6.46. The molecule has 0 bridgehead atoms. The second kappa shape index (κ2) is 5.15. The van der Waals surface area contributed by atoms with Crippen molar-refractivity contribution in [2.45, 2.75) is 10.6 Å². The average Bonchev–Trinajstić information content (AvgIpc) is 2.73. The van der Waals surface area contributed by atoms with Crippen molar-refractivity contribution >= 4 is 33.9 Å². The first-order valence-corrected chi connectivity index (χ1v) is 6.59. The molecular weight excluding hydrogens is 258 g/mol. The zero-order valence-corrected chi connectivity index (χ0v) is 10.3. The summed E-state index contributed by atoms with van der Waals surface area (Å²) in [6.45, 7) is 0. The monoisotopic (exact) mass is 267 g/mol. The summed E-state index contributed by atoms with van der Waals surface area (Å²) in [6.07, 6.45) is 0. The van der Waals surface area contributed by atoms with Gasteiger partial charge >= 0.3 is 0 Å². The lowest BCUT2D eigenvalue weighted by Crippen LogP contribution is -1.87. The molecule has 0 saturated heterocycles. The van der Waals surface area contributed by atoms with Crippen molar-refractivity contribution in [2.75, 3.05) is 5.73 Å². The molecule has 5 nitrogen and oxygen atoms in total. The maximum absolute atomic E-state index is 10.5. The van der Waals surface area contributed by atoms with Gasteiger partial charge in [0, 0.05) is 28.2 Å². The van der Waals surface area contributed by atoms with Gasteiger partial charge in [-0.2, -0.15) is 0 Å². The lowest BCUT2D eigenvalue weighted by atomic mass is 10.3. The molecule has 1 aromatic carbocycles. The van der Waals surface area contributed by atoms with Crippen molar-refractivity contribution in [3.63, 3.8) is 0 Å².